The molecule has 0 aliphatic carbocycles. The molecule has 0 radical (unpaired) electrons. The Kier molecular flexibility index (Phi) is 4.78. The third kappa shape index (κ3) is 3.99. The quantitative estimate of drug-likeness (QED) is 0.561. The molecule has 1 unspecified atom stereocenters. The Labute approximate surface area is 90.2 Å². The molecule has 0 amide bonds. The van der Waals surface area contributed by atoms with Crippen LogP contribution in [0.5, 0.6) is 5.75 Å². The monoisotopic (exact) mass is 230 g/mol. The highest BCUT2D eigenvalue weighted by Crippen LogP contribution is 2.45. The van der Waals surface area contributed by atoms with Crippen molar-refractivity contribution in [1.29, 1.82) is 0 Å². The maximum absolute atomic E-state index is 5.87. The molecular formula is C10H12ClO2P. The Balaban J connectivity index is 2.45. The molecular weight excluding hydrogens is 219 g/mol. The normalized spacial score (nSPS) is 13.5. The SMILES string of the molecule is CC=C(C)OP(Cl)Oc1ccccc1. The van der Waals surface area contributed by atoms with E-state index < -0.39 is 7.73 Å². The second-order valence-corrected chi connectivity index (χ2v) is 4.23. The van der Waals surface area contributed by atoms with Crippen molar-refractivity contribution < 1.29 is 9.05 Å². The van der Waals surface area contributed by atoms with Crippen molar-refractivity contribution in [2.24, 2.45) is 0 Å². The first-order chi connectivity index (χ1) is 6.72. The minimum absolute atomic E-state index is 0.720. The molecule has 0 aliphatic heterocycles. The smallest absolute Gasteiger partial charge is 0.400 e. The summed E-state index contributed by atoms with van der Waals surface area (Å²) in [5.41, 5.74) is 0. The van der Waals surface area contributed by atoms with Crippen LogP contribution in [0.2, 0.25) is 0 Å². The first-order valence-corrected chi connectivity index (χ1v) is 6.30. The van der Waals surface area contributed by atoms with Gasteiger partial charge in [0.1, 0.15) is 5.75 Å². The Morgan fingerprint density at radius 3 is 2.57 bits per heavy atom. The number of allylic oxidation sites excluding steroid dienone is 2. The van der Waals surface area contributed by atoms with Crippen LogP contribution in [0.15, 0.2) is 42.2 Å². The summed E-state index contributed by atoms with van der Waals surface area (Å²) < 4.78 is 10.6. The predicted molar refractivity (Wildman–Crippen MR) is 60.4 cm³/mol. The summed E-state index contributed by atoms with van der Waals surface area (Å²) in [5.74, 6) is 1.49. The van der Waals surface area contributed by atoms with Crippen molar-refractivity contribution >= 4 is 19.0 Å². The molecule has 0 fully saturated rings. The molecule has 1 rings (SSSR count). The standard InChI is InChI=1S/C10H12ClO2P/c1-3-9(2)12-14(11)13-10-7-5-4-6-8-10/h3-8H,1-2H3. The van der Waals surface area contributed by atoms with Gasteiger partial charge in [-0.05, 0) is 43.3 Å². The number of para-hydroxylation sites is 1. The van der Waals surface area contributed by atoms with Gasteiger partial charge >= 0.3 is 7.73 Å². The molecule has 2 nitrogen and oxygen atoms in total. The Morgan fingerprint density at radius 2 is 2.00 bits per heavy atom. The van der Waals surface area contributed by atoms with Gasteiger partial charge in [0.05, 0.1) is 5.76 Å². The average Bonchev–Trinajstić information content (AvgIpc) is 2.19. The zero-order chi connectivity index (χ0) is 10.4. The summed E-state index contributed by atoms with van der Waals surface area (Å²) in [5, 5.41) is 0. The van der Waals surface area contributed by atoms with E-state index in [2.05, 4.69) is 0 Å². The van der Waals surface area contributed by atoms with E-state index in [0.29, 0.717) is 0 Å². The van der Waals surface area contributed by atoms with Crippen molar-refractivity contribution in [3.8, 4) is 5.75 Å². The molecule has 1 atom stereocenters. The van der Waals surface area contributed by atoms with E-state index in [-0.39, 0.29) is 0 Å². The van der Waals surface area contributed by atoms with Crippen molar-refractivity contribution in [3.05, 3.63) is 42.2 Å². The molecule has 0 bridgehead atoms. The highest BCUT2D eigenvalue weighted by Gasteiger charge is 2.09. The molecule has 0 aliphatic rings. The average molecular weight is 231 g/mol. The summed E-state index contributed by atoms with van der Waals surface area (Å²) >= 11 is 5.87. The molecule has 0 N–H and O–H groups in total. The van der Waals surface area contributed by atoms with Gasteiger partial charge in [0, 0.05) is 0 Å². The first-order valence-electron chi connectivity index (χ1n) is 4.22. The number of rotatable bonds is 4. The van der Waals surface area contributed by atoms with Gasteiger partial charge in [-0.3, -0.25) is 0 Å². The lowest BCUT2D eigenvalue weighted by Crippen LogP contribution is -1.86. The predicted octanol–water partition coefficient (Wildman–Crippen LogP) is 4.47. The lowest BCUT2D eigenvalue weighted by atomic mass is 10.3. The van der Waals surface area contributed by atoms with Crippen molar-refractivity contribution in [2.75, 3.05) is 0 Å². The number of halogens is 1. The Morgan fingerprint density at radius 1 is 1.36 bits per heavy atom. The van der Waals surface area contributed by atoms with Crippen molar-refractivity contribution in [1.82, 2.24) is 0 Å². The van der Waals surface area contributed by atoms with Crippen LogP contribution in [0.1, 0.15) is 13.8 Å². The molecule has 1 aromatic rings. The summed E-state index contributed by atoms with van der Waals surface area (Å²) in [6.45, 7) is 3.73. The number of hydrogen-bond donors (Lipinski definition) is 0. The van der Waals surface area contributed by atoms with E-state index in [1.165, 1.54) is 0 Å². The van der Waals surface area contributed by atoms with Crippen LogP contribution in [0.3, 0.4) is 0 Å². The summed E-state index contributed by atoms with van der Waals surface area (Å²) in [6.07, 6.45) is 1.84. The Hall–Kier alpha value is -0.720. The minimum atomic E-state index is -1.40. The summed E-state index contributed by atoms with van der Waals surface area (Å²) in [6, 6.07) is 9.37. The van der Waals surface area contributed by atoms with E-state index in [1.54, 1.807) is 0 Å². The van der Waals surface area contributed by atoms with Crippen LogP contribution in [0.4, 0.5) is 0 Å². The second-order valence-electron chi connectivity index (χ2n) is 2.61. The van der Waals surface area contributed by atoms with Crippen LogP contribution < -0.4 is 4.52 Å². The maximum atomic E-state index is 5.87. The van der Waals surface area contributed by atoms with Gasteiger partial charge in [0.15, 0.2) is 0 Å². The molecule has 1 aromatic carbocycles. The highest BCUT2D eigenvalue weighted by molar-refractivity contribution is 7.76. The number of hydrogen-bond acceptors (Lipinski definition) is 2. The fourth-order valence-corrected chi connectivity index (χ4v) is 1.97. The molecule has 14 heavy (non-hydrogen) atoms. The zero-order valence-corrected chi connectivity index (χ0v) is 9.76. The fraction of sp³-hybridized carbons (Fsp3) is 0.200. The Bertz CT molecular complexity index is 300. The minimum Gasteiger partial charge on any atom is -0.432 e. The van der Waals surface area contributed by atoms with E-state index in [4.69, 9.17) is 20.3 Å². The third-order valence-corrected chi connectivity index (χ3v) is 2.74. The third-order valence-electron chi connectivity index (χ3n) is 1.54. The highest BCUT2D eigenvalue weighted by atomic mass is 35.7. The maximum Gasteiger partial charge on any atom is 0.400 e. The van der Waals surface area contributed by atoms with Crippen LogP contribution >= 0.6 is 19.0 Å². The molecule has 0 aromatic heterocycles. The lowest BCUT2D eigenvalue weighted by molar-refractivity contribution is 0.420. The van der Waals surface area contributed by atoms with Gasteiger partial charge in [-0.2, -0.15) is 0 Å². The van der Waals surface area contributed by atoms with Gasteiger partial charge < -0.3 is 9.05 Å². The molecule has 0 saturated heterocycles. The fourth-order valence-electron chi connectivity index (χ4n) is 0.749. The molecule has 0 heterocycles. The van der Waals surface area contributed by atoms with E-state index in [9.17, 15) is 0 Å². The van der Waals surface area contributed by atoms with E-state index >= 15 is 0 Å². The second kappa shape index (κ2) is 5.90. The number of benzene rings is 1. The van der Waals surface area contributed by atoms with Crippen LogP contribution in [0.25, 0.3) is 0 Å². The summed E-state index contributed by atoms with van der Waals surface area (Å²) in [4.78, 5) is 0. The molecule has 76 valence electrons. The van der Waals surface area contributed by atoms with Crippen LogP contribution in [0, 0.1) is 0 Å². The zero-order valence-electron chi connectivity index (χ0n) is 8.11. The molecule has 0 spiro atoms. The van der Waals surface area contributed by atoms with Crippen molar-refractivity contribution in [2.45, 2.75) is 13.8 Å². The van der Waals surface area contributed by atoms with Gasteiger partial charge in [0.2, 0.25) is 0 Å². The van der Waals surface area contributed by atoms with Crippen LogP contribution in [-0.4, -0.2) is 0 Å². The van der Waals surface area contributed by atoms with E-state index in [1.807, 2.05) is 50.3 Å². The molecule has 0 saturated carbocycles. The van der Waals surface area contributed by atoms with Crippen LogP contribution in [-0.2, 0) is 4.52 Å². The largest absolute Gasteiger partial charge is 0.432 e. The topological polar surface area (TPSA) is 18.5 Å². The van der Waals surface area contributed by atoms with E-state index in [0.717, 1.165) is 11.5 Å². The molecule has 4 heteroatoms. The van der Waals surface area contributed by atoms with Gasteiger partial charge in [0.25, 0.3) is 0 Å². The lowest BCUT2D eigenvalue weighted by Gasteiger charge is -2.11. The summed E-state index contributed by atoms with van der Waals surface area (Å²) in [7, 11) is -1.40. The van der Waals surface area contributed by atoms with Gasteiger partial charge in [-0.1, -0.05) is 18.2 Å². The van der Waals surface area contributed by atoms with Gasteiger partial charge in [-0.25, -0.2) is 0 Å². The van der Waals surface area contributed by atoms with Gasteiger partial charge in [-0.15, -0.1) is 0 Å². The van der Waals surface area contributed by atoms with Crippen molar-refractivity contribution in [3.63, 3.8) is 0 Å². The first kappa shape index (κ1) is 11.4.